The molecule has 2 N–H and O–H groups in total. The standard InChI is InChI=1S/C17H28N2O2/c1-12(2)18-17(5,16(20)21)7-8-19(6)15-10-13(3)9-14(4)11-15/h9-12,18H,7-8H2,1-6H3,(H,20,21). The molecule has 0 saturated heterocycles. The van der Waals surface area contributed by atoms with E-state index < -0.39 is 11.5 Å². The topological polar surface area (TPSA) is 52.6 Å². The van der Waals surface area contributed by atoms with Crippen molar-refractivity contribution in [3.8, 4) is 0 Å². The van der Waals surface area contributed by atoms with Gasteiger partial charge in [0.2, 0.25) is 0 Å². The maximum atomic E-state index is 11.5. The van der Waals surface area contributed by atoms with Gasteiger partial charge in [-0.25, -0.2) is 0 Å². The number of carboxylic acids is 1. The van der Waals surface area contributed by atoms with Crippen molar-refractivity contribution in [3.63, 3.8) is 0 Å². The van der Waals surface area contributed by atoms with E-state index in [4.69, 9.17) is 0 Å². The van der Waals surface area contributed by atoms with E-state index in [2.05, 4.69) is 42.3 Å². The van der Waals surface area contributed by atoms with E-state index >= 15 is 0 Å². The molecular weight excluding hydrogens is 264 g/mol. The Morgan fingerprint density at radius 2 is 1.81 bits per heavy atom. The fraction of sp³-hybridized carbons (Fsp3) is 0.588. The lowest BCUT2D eigenvalue weighted by atomic mass is 9.96. The molecule has 1 aromatic rings. The van der Waals surface area contributed by atoms with E-state index in [9.17, 15) is 9.90 Å². The molecule has 1 unspecified atom stereocenters. The molecule has 0 spiro atoms. The Balaban J connectivity index is 2.77. The molecular formula is C17H28N2O2. The summed E-state index contributed by atoms with van der Waals surface area (Å²) in [7, 11) is 2.01. The number of benzene rings is 1. The lowest BCUT2D eigenvalue weighted by Gasteiger charge is -2.31. The van der Waals surface area contributed by atoms with Crippen LogP contribution in [0.5, 0.6) is 0 Å². The van der Waals surface area contributed by atoms with E-state index in [1.165, 1.54) is 11.1 Å². The fourth-order valence-corrected chi connectivity index (χ4v) is 2.57. The van der Waals surface area contributed by atoms with Crippen LogP contribution in [-0.2, 0) is 4.79 Å². The summed E-state index contributed by atoms with van der Waals surface area (Å²) in [6.07, 6.45) is 0.546. The molecule has 0 aliphatic rings. The number of aliphatic carboxylic acids is 1. The highest BCUT2D eigenvalue weighted by Crippen LogP contribution is 2.20. The molecule has 0 aliphatic carbocycles. The summed E-state index contributed by atoms with van der Waals surface area (Å²) in [5, 5.41) is 12.6. The molecule has 4 heteroatoms. The highest BCUT2D eigenvalue weighted by molar-refractivity contribution is 5.78. The van der Waals surface area contributed by atoms with Gasteiger partial charge in [-0.05, 0) is 64.3 Å². The molecule has 0 bridgehead atoms. The average molecular weight is 292 g/mol. The summed E-state index contributed by atoms with van der Waals surface area (Å²) in [5.41, 5.74) is 2.67. The van der Waals surface area contributed by atoms with Gasteiger partial charge in [0.25, 0.3) is 0 Å². The van der Waals surface area contributed by atoms with E-state index in [-0.39, 0.29) is 6.04 Å². The lowest BCUT2D eigenvalue weighted by molar-refractivity contribution is -0.144. The Bertz CT molecular complexity index is 479. The van der Waals surface area contributed by atoms with E-state index in [0.717, 1.165) is 5.69 Å². The Kier molecular flexibility index (Phi) is 5.78. The highest BCUT2D eigenvalue weighted by atomic mass is 16.4. The first-order valence-corrected chi connectivity index (χ1v) is 7.44. The van der Waals surface area contributed by atoms with Crippen molar-refractivity contribution in [2.75, 3.05) is 18.5 Å². The van der Waals surface area contributed by atoms with Gasteiger partial charge in [-0.1, -0.05) is 6.07 Å². The van der Waals surface area contributed by atoms with E-state index in [0.29, 0.717) is 13.0 Å². The molecule has 0 aliphatic heterocycles. The molecule has 4 nitrogen and oxygen atoms in total. The average Bonchev–Trinajstić information content (AvgIpc) is 2.33. The number of nitrogens with zero attached hydrogens (tertiary/aromatic N) is 1. The number of aryl methyl sites for hydroxylation is 2. The molecule has 0 radical (unpaired) electrons. The summed E-state index contributed by atoms with van der Waals surface area (Å²) in [5.74, 6) is -0.801. The maximum Gasteiger partial charge on any atom is 0.323 e. The third-order valence-electron chi connectivity index (χ3n) is 3.67. The first-order chi connectivity index (χ1) is 9.64. The normalized spacial score (nSPS) is 14.0. The van der Waals surface area contributed by atoms with Gasteiger partial charge < -0.3 is 10.0 Å². The molecule has 21 heavy (non-hydrogen) atoms. The Morgan fingerprint density at radius 1 is 1.29 bits per heavy atom. The van der Waals surface area contributed by atoms with E-state index in [1.807, 2.05) is 20.9 Å². The van der Waals surface area contributed by atoms with E-state index in [1.54, 1.807) is 6.92 Å². The number of rotatable bonds is 7. The van der Waals surface area contributed by atoms with Crippen LogP contribution in [0.15, 0.2) is 18.2 Å². The van der Waals surface area contributed by atoms with Crippen LogP contribution in [-0.4, -0.2) is 36.2 Å². The van der Waals surface area contributed by atoms with Crippen molar-refractivity contribution in [3.05, 3.63) is 29.3 Å². The van der Waals surface area contributed by atoms with Crippen LogP contribution in [0.1, 0.15) is 38.3 Å². The van der Waals surface area contributed by atoms with Crippen molar-refractivity contribution in [1.82, 2.24) is 5.32 Å². The monoisotopic (exact) mass is 292 g/mol. The lowest BCUT2D eigenvalue weighted by Crippen LogP contribution is -2.53. The maximum absolute atomic E-state index is 11.5. The quantitative estimate of drug-likeness (QED) is 0.811. The zero-order chi connectivity index (χ0) is 16.2. The molecule has 1 aromatic carbocycles. The van der Waals surface area contributed by atoms with Crippen molar-refractivity contribution < 1.29 is 9.90 Å². The summed E-state index contributed by atoms with van der Waals surface area (Å²) >= 11 is 0. The molecule has 0 fully saturated rings. The number of nitrogens with one attached hydrogen (secondary N) is 1. The molecule has 118 valence electrons. The van der Waals surface area contributed by atoms with Crippen molar-refractivity contribution >= 4 is 11.7 Å². The highest BCUT2D eigenvalue weighted by Gasteiger charge is 2.33. The zero-order valence-corrected chi connectivity index (χ0v) is 14.0. The predicted octanol–water partition coefficient (Wildman–Crippen LogP) is 2.97. The van der Waals surface area contributed by atoms with Crippen molar-refractivity contribution in [2.45, 2.75) is 52.6 Å². The smallest absolute Gasteiger partial charge is 0.323 e. The van der Waals surface area contributed by atoms with Crippen LogP contribution < -0.4 is 10.2 Å². The van der Waals surface area contributed by atoms with Crippen molar-refractivity contribution in [1.29, 1.82) is 0 Å². The number of carbonyl (C=O) groups is 1. The van der Waals surface area contributed by atoms with Gasteiger partial charge in [0.05, 0.1) is 0 Å². The van der Waals surface area contributed by atoms with Gasteiger partial charge in [0.1, 0.15) is 5.54 Å². The molecule has 1 atom stereocenters. The second-order valence-corrected chi connectivity index (χ2v) is 6.45. The second-order valence-electron chi connectivity index (χ2n) is 6.45. The van der Waals surface area contributed by atoms with Gasteiger partial charge in [-0.3, -0.25) is 10.1 Å². The number of hydrogen-bond acceptors (Lipinski definition) is 3. The SMILES string of the molecule is Cc1cc(C)cc(N(C)CCC(C)(NC(C)C)C(=O)O)c1. The number of anilines is 1. The van der Waals surface area contributed by atoms with Gasteiger partial charge in [-0.15, -0.1) is 0 Å². The summed E-state index contributed by atoms with van der Waals surface area (Å²) in [6.45, 7) is 10.5. The van der Waals surface area contributed by atoms with Gasteiger partial charge in [0, 0.05) is 25.3 Å². The first-order valence-electron chi connectivity index (χ1n) is 7.44. The predicted molar refractivity (Wildman–Crippen MR) is 88.1 cm³/mol. The molecule has 0 saturated carbocycles. The van der Waals surface area contributed by atoms with Gasteiger partial charge >= 0.3 is 5.97 Å². The molecule has 1 rings (SSSR count). The van der Waals surface area contributed by atoms with Crippen LogP contribution in [0.25, 0.3) is 0 Å². The Morgan fingerprint density at radius 3 is 2.24 bits per heavy atom. The van der Waals surface area contributed by atoms with Crippen LogP contribution in [0.3, 0.4) is 0 Å². The fourth-order valence-electron chi connectivity index (χ4n) is 2.57. The van der Waals surface area contributed by atoms with Crippen LogP contribution >= 0.6 is 0 Å². The van der Waals surface area contributed by atoms with Gasteiger partial charge in [0.15, 0.2) is 0 Å². The Hall–Kier alpha value is -1.55. The third kappa shape index (κ3) is 5.05. The van der Waals surface area contributed by atoms with Crippen LogP contribution in [0.4, 0.5) is 5.69 Å². The third-order valence-corrected chi connectivity index (χ3v) is 3.67. The second kappa shape index (κ2) is 6.94. The van der Waals surface area contributed by atoms with Crippen LogP contribution in [0.2, 0.25) is 0 Å². The van der Waals surface area contributed by atoms with Crippen LogP contribution in [0, 0.1) is 13.8 Å². The molecule has 0 amide bonds. The minimum Gasteiger partial charge on any atom is -0.480 e. The Labute approximate surface area is 128 Å². The summed E-state index contributed by atoms with van der Waals surface area (Å²) in [4.78, 5) is 13.6. The van der Waals surface area contributed by atoms with Gasteiger partial charge in [-0.2, -0.15) is 0 Å². The van der Waals surface area contributed by atoms with Crippen molar-refractivity contribution in [2.24, 2.45) is 0 Å². The minimum atomic E-state index is -0.901. The number of hydrogen-bond donors (Lipinski definition) is 2. The minimum absolute atomic E-state index is 0.137. The number of carboxylic acid groups (broad SMARTS) is 1. The first kappa shape index (κ1) is 17.5. The summed E-state index contributed by atoms with van der Waals surface area (Å²) in [6, 6.07) is 6.53. The zero-order valence-electron chi connectivity index (χ0n) is 14.0. The molecule has 0 aromatic heterocycles. The summed E-state index contributed by atoms with van der Waals surface area (Å²) < 4.78 is 0. The largest absolute Gasteiger partial charge is 0.480 e. The molecule has 0 heterocycles.